The summed E-state index contributed by atoms with van der Waals surface area (Å²) in [5, 5.41) is 11.7. The fourth-order valence-electron chi connectivity index (χ4n) is 3.72. The van der Waals surface area contributed by atoms with Crippen LogP contribution in [0, 0.1) is 10.1 Å². The third kappa shape index (κ3) is 3.55. The Morgan fingerprint density at radius 1 is 0.853 bits per heavy atom. The summed E-state index contributed by atoms with van der Waals surface area (Å²) in [6, 6.07) is 19.8. The van der Waals surface area contributed by atoms with Gasteiger partial charge in [-0.3, -0.25) is 29.5 Å². The van der Waals surface area contributed by atoms with Crippen molar-refractivity contribution in [3.8, 4) is 11.5 Å². The first-order chi connectivity index (χ1) is 16.5. The van der Waals surface area contributed by atoms with Crippen LogP contribution >= 0.6 is 12.2 Å². The van der Waals surface area contributed by atoms with Crippen LogP contribution in [0.25, 0.3) is 6.08 Å². The minimum atomic E-state index is -0.694. The Bertz CT molecular complexity index is 1310. The molecular weight excluding hydrogens is 458 g/mol. The van der Waals surface area contributed by atoms with Crippen molar-refractivity contribution in [1.82, 2.24) is 0 Å². The van der Waals surface area contributed by atoms with Gasteiger partial charge in [-0.1, -0.05) is 36.4 Å². The average molecular weight is 473 g/mol. The Balaban J connectivity index is 1.69. The van der Waals surface area contributed by atoms with Gasteiger partial charge in [0, 0.05) is 0 Å². The Kier molecular flexibility index (Phi) is 5.27. The molecule has 0 bridgehead atoms. The zero-order valence-corrected chi connectivity index (χ0v) is 18.2. The average Bonchev–Trinajstić information content (AvgIpc) is 3.30. The van der Waals surface area contributed by atoms with E-state index in [0.717, 1.165) is 0 Å². The molecule has 0 radical (unpaired) electrons. The normalized spacial score (nSPS) is 15.1. The van der Waals surface area contributed by atoms with E-state index in [1.54, 1.807) is 60.7 Å². The Morgan fingerprint density at radius 3 is 1.85 bits per heavy atom. The van der Waals surface area contributed by atoms with Gasteiger partial charge in [-0.05, 0) is 48.6 Å². The maximum Gasteiger partial charge on any atom is 0.280 e. The number of nitro groups is 1. The molecule has 0 spiro atoms. The lowest BCUT2D eigenvalue weighted by molar-refractivity contribution is -0.385. The zero-order valence-electron chi connectivity index (χ0n) is 17.4. The molecular formula is C24H15N3O6S. The molecule has 2 heterocycles. The van der Waals surface area contributed by atoms with Gasteiger partial charge >= 0.3 is 0 Å². The lowest BCUT2D eigenvalue weighted by Gasteiger charge is -2.36. The van der Waals surface area contributed by atoms with Gasteiger partial charge in [0.05, 0.1) is 27.9 Å². The van der Waals surface area contributed by atoms with Crippen molar-refractivity contribution in [1.29, 1.82) is 0 Å². The minimum absolute atomic E-state index is 0.0234. The number of nitro benzene ring substituents is 1. The number of carbonyl (C=O) groups is 2. The summed E-state index contributed by atoms with van der Waals surface area (Å²) in [4.78, 5) is 40.6. The van der Waals surface area contributed by atoms with Gasteiger partial charge in [-0.15, -0.1) is 0 Å². The molecule has 34 heavy (non-hydrogen) atoms. The number of thiocarbonyl (C=S) groups is 1. The molecule has 3 aromatic rings. The molecule has 2 aliphatic rings. The first-order valence-electron chi connectivity index (χ1n) is 10.1. The van der Waals surface area contributed by atoms with Gasteiger partial charge < -0.3 is 9.47 Å². The van der Waals surface area contributed by atoms with Crippen LogP contribution in [0.5, 0.6) is 11.5 Å². The van der Waals surface area contributed by atoms with Crippen LogP contribution < -0.4 is 19.3 Å². The van der Waals surface area contributed by atoms with E-state index >= 15 is 0 Å². The van der Waals surface area contributed by atoms with E-state index in [4.69, 9.17) is 21.7 Å². The lowest BCUT2D eigenvalue weighted by Crippen LogP contribution is -2.56. The summed E-state index contributed by atoms with van der Waals surface area (Å²) >= 11 is 5.55. The Morgan fingerprint density at radius 2 is 1.35 bits per heavy atom. The molecule has 5 rings (SSSR count). The molecule has 9 nitrogen and oxygen atoms in total. The molecule has 1 saturated heterocycles. The summed E-state index contributed by atoms with van der Waals surface area (Å²) in [7, 11) is 0. The smallest absolute Gasteiger partial charge is 0.280 e. The first kappa shape index (κ1) is 21.3. The van der Waals surface area contributed by atoms with Crippen LogP contribution in [0.2, 0.25) is 0 Å². The fourth-order valence-corrected chi connectivity index (χ4v) is 4.09. The van der Waals surface area contributed by atoms with Crippen LogP contribution in [0.3, 0.4) is 0 Å². The zero-order chi connectivity index (χ0) is 23.8. The number of rotatable bonds is 4. The SMILES string of the molecule is O=C1C(=Cc2cc3c(cc2[N+](=O)[O-])OCO3)C(=O)N(c2ccccc2)C(=S)N1c1ccccc1. The van der Waals surface area contributed by atoms with Gasteiger partial charge in [-0.25, -0.2) is 0 Å². The predicted molar refractivity (Wildman–Crippen MR) is 128 cm³/mol. The maximum atomic E-state index is 13.5. The summed E-state index contributed by atoms with van der Waals surface area (Å²) in [6.45, 7) is -0.0811. The molecule has 3 aromatic carbocycles. The highest BCUT2D eigenvalue weighted by molar-refractivity contribution is 7.81. The third-order valence-corrected chi connectivity index (χ3v) is 5.66. The van der Waals surface area contributed by atoms with E-state index in [1.165, 1.54) is 28.0 Å². The highest BCUT2D eigenvalue weighted by Crippen LogP contribution is 2.39. The Labute approximate surface area is 198 Å². The van der Waals surface area contributed by atoms with Gasteiger partial charge in [0.1, 0.15) is 5.57 Å². The van der Waals surface area contributed by atoms with Crippen molar-refractivity contribution in [3.05, 3.63) is 94.0 Å². The number of benzene rings is 3. The topological polar surface area (TPSA) is 102 Å². The second-order valence-corrected chi connectivity index (χ2v) is 7.68. The van der Waals surface area contributed by atoms with Crippen molar-refractivity contribution < 1.29 is 24.0 Å². The number of amides is 2. The second kappa shape index (κ2) is 8.41. The Hall–Kier alpha value is -4.57. The van der Waals surface area contributed by atoms with Crippen LogP contribution in [0.4, 0.5) is 17.1 Å². The summed E-state index contributed by atoms with van der Waals surface area (Å²) in [6.07, 6.45) is 1.19. The van der Waals surface area contributed by atoms with Gasteiger partial charge in [0.2, 0.25) is 6.79 Å². The van der Waals surface area contributed by atoms with Gasteiger partial charge in [0.25, 0.3) is 17.5 Å². The summed E-state index contributed by atoms with van der Waals surface area (Å²) in [5.41, 5.74) is 0.320. The quantitative estimate of drug-likeness (QED) is 0.185. The second-order valence-electron chi connectivity index (χ2n) is 7.31. The largest absolute Gasteiger partial charge is 0.454 e. The van der Waals surface area contributed by atoms with E-state index in [1.807, 2.05) is 0 Å². The summed E-state index contributed by atoms with van der Waals surface area (Å²) in [5.74, 6) is -0.891. The molecule has 0 unspecified atom stereocenters. The fraction of sp³-hybridized carbons (Fsp3) is 0.0417. The molecule has 168 valence electrons. The molecule has 0 saturated carbocycles. The number of fused-ring (bicyclic) bond motifs is 1. The van der Waals surface area contributed by atoms with Crippen LogP contribution in [0.1, 0.15) is 5.56 Å². The van der Waals surface area contributed by atoms with E-state index in [9.17, 15) is 19.7 Å². The van der Waals surface area contributed by atoms with Gasteiger partial charge in [-0.2, -0.15) is 0 Å². The number of hydrogen-bond donors (Lipinski definition) is 0. The molecule has 0 N–H and O–H groups in total. The number of anilines is 2. The van der Waals surface area contributed by atoms with E-state index < -0.39 is 16.7 Å². The number of carbonyl (C=O) groups excluding carboxylic acids is 2. The highest BCUT2D eigenvalue weighted by atomic mass is 32.1. The molecule has 0 atom stereocenters. The maximum absolute atomic E-state index is 13.5. The number of hydrogen-bond acceptors (Lipinski definition) is 7. The van der Waals surface area contributed by atoms with Crippen molar-refractivity contribution in [2.75, 3.05) is 16.6 Å². The van der Waals surface area contributed by atoms with Crippen LogP contribution in [0.15, 0.2) is 78.4 Å². The monoisotopic (exact) mass is 473 g/mol. The van der Waals surface area contributed by atoms with E-state index in [-0.39, 0.29) is 40.2 Å². The third-order valence-electron chi connectivity index (χ3n) is 5.30. The first-order valence-corrected chi connectivity index (χ1v) is 10.5. The van der Waals surface area contributed by atoms with Gasteiger partial charge in [0.15, 0.2) is 16.6 Å². The predicted octanol–water partition coefficient (Wildman–Crippen LogP) is 4.07. The molecule has 10 heteroatoms. The van der Waals surface area contributed by atoms with E-state index in [0.29, 0.717) is 11.4 Å². The van der Waals surface area contributed by atoms with Crippen LogP contribution in [-0.2, 0) is 9.59 Å². The summed E-state index contributed by atoms with van der Waals surface area (Å²) < 4.78 is 10.6. The van der Waals surface area contributed by atoms with E-state index in [2.05, 4.69) is 0 Å². The number of ether oxygens (including phenoxy) is 2. The minimum Gasteiger partial charge on any atom is -0.454 e. The number of nitrogens with zero attached hydrogens (tertiary/aromatic N) is 3. The molecule has 2 amide bonds. The van der Waals surface area contributed by atoms with Crippen molar-refractivity contribution >= 4 is 52.3 Å². The van der Waals surface area contributed by atoms with Crippen molar-refractivity contribution in [2.45, 2.75) is 0 Å². The van der Waals surface area contributed by atoms with Crippen molar-refractivity contribution in [2.24, 2.45) is 0 Å². The lowest BCUT2D eigenvalue weighted by atomic mass is 10.0. The molecule has 1 fully saturated rings. The molecule has 0 aliphatic carbocycles. The molecule has 0 aromatic heterocycles. The molecule has 2 aliphatic heterocycles. The standard InChI is InChI=1S/C24H15N3O6S/c28-22-18(11-15-12-20-21(33-14-32-20)13-19(15)27(30)31)23(29)26(17-9-5-2-6-10-17)24(34)25(22)16-7-3-1-4-8-16/h1-13H,14H2. The number of para-hydroxylation sites is 2. The highest BCUT2D eigenvalue weighted by Gasteiger charge is 2.41. The van der Waals surface area contributed by atoms with Crippen LogP contribution in [-0.4, -0.2) is 28.6 Å². The van der Waals surface area contributed by atoms with Crippen molar-refractivity contribution in [3.63, 3.8) is 0 Å².